The Balaban J connectivity index is 2.52. The van der Waals surface area contributed by atoms with Gasteiger partial charge in [0, 0.05) is 18.8 Å². The third-order valence-electron chi connectivity index (χ3n) is 2.05. The summed E-state index contributed by atoms with van der Waals surface area (Å²) < 4.78 is 0. The first kappa shape index (κ1) is 9.92. The summed E-state index contributed by atoms with van der Waals surface area (Å²) in [6, 6.07) is 0. The number of aliphatic hydroxyl groups excluding tert-OH is 1. The van der Waals surface area contributed by atoms with Gasteiger partial charge < -0.3 is 21.5 Å². The van der Waals surface area contributed by atoms with Gasteiger partial charge >= 0.3 is 0 Å². The topological polar surface area (TPSA) is 75.5 Å². The molecular weight excluding hydrogens is 166 g/mol. The monoisotopic (exact) mass is 183 g/mol. The van der Waals surface area contributed by atoms with E-state index in [4.69, 9.17) is 11.5 Å². The van der Waals surface area contributed by atoms with Crippen molar-refractivity contribution in [2.45, 2.75) is 19.4 Å². The maximum atomic E-state index is 9.26. The number of aliphatic hydroxyl groups is 1. The highest BCUT2D eigenvalue weighted by Crippen LogP contribution is 2.11. The molecule has 0 spiro atoms. The lowest BCUT2D eigenvalue weighted by molar-refractivity contribution is 0.183. The molecule has 0 aliphatic carbocycles. The highest BCUT2D eigenvalue weighted by atomic mass is 16.3. The zero-order valence-corrected chi connectivity index (χ0v) is 7.90. The number of rotatable bonds is 2. The Morgan fingerprint density at radius 3 is 2.62 bits per heavy atom. The van der Waals surface area contributed by atoms with Crippen LogP contribution in [0.3, 0.4) is 0 Å². The van der Waals surface area contributed by atoms with E-state index in [1.807, 2.05) is 11.8 Å². The average molecular weight is 183 g/mol. The second-order valence-corrected chi connectivity index (χ2v) is 3.39. The normalized spacial score (nSPS) is 25.4. The Hall–Kier alpha value is -1.16. The van der Waals surface area contributed by atoms with Gasteiger partial charge in [-0.25, -0.2) is 0 Å². The van der Waals surface area contributed by atoms with Gasteiger partial charge in [-0.15, -0.1) is 0 Å². The molecule has 1 aliphatic rings. The molecule has 1 rings (SSSR count). The molecule has 0 aromatic carbocycles. The molecule has 1 atom stereocenters. The van der Waals surface area contributed by atoms with E-state index in [0.29, 0.717) is 12.4 Å². The van der Waals surface area contributed by atoms with Gasteiger partial charge in [0.05, 0.1) is 11.9 Å². The standard InChI is InChI=1S/C9H17N3O/c1-7(10)2-3-9(11)12-5-4-8(13)6-12/h2-3,8,13H,4-6,10-11H2,1H3/b7-2-,9-3+. The molecule has 4 heteroatoms. The summed E-state index contributed by atoms with van der Waals surface area (Å²) in [6.45, 7) is 3.25. The molecule has 0 radical (unpaired) electrons. The summed E-state index contributed by atoms with van der Waals surface area (Å²) in [5.41, 5.74) is 11.9. The van der Waals surface area contributed by atoms with Crippen LogP contribution >= 0.6 is 0 Å². The molecule has 0 aromatic rings. The number of allylic oxidation sites excluding steroid dienone is 3. The van der Waals surface area contributed by atoms with Gasteiger partial charge in [0.2, 0.25) is 0 Å². The Kier molecular flexibility index (Phi) is 3.19. The summed E-state index contributed by atoms with van der Waals surface area (Å²) >= 11 is 0. The fraction of sp³-hybridized carbons (Fsp3) is 0.556. The fourth-order valence-electron chi connectivity index (χ4n) is 1.30. The highest BCUT2D eigenvalue weighted by Gasteiger charge is 2.19. The van der Waals surface area contributed by atoms with E-state index < -0.39 is 0 Å². The van der Waals surface area contributed by atoms with E-state index in [2.05, 4.69) is 0 Å². The van der Waals surface area contributed by atoms with E-state index in [9.17, 15) is 5.11 Å². The van der Waals surface area contributed by atoms with Crippen molar-refractivity contribution >= 4 is 0 Å². The molecule has 74 valence electrons. The quantitative estimate of drug-likeness (QED) is 0.514. The van der Waals surface area contributed by atoms with Crippen LogP contribution in [0.4, 0.5) is 0 Å². The van der Waals surface area contributed by atoms with Crippen LogP contribution in [0.1, 0.15) is 13.3 Å². The van der Waals surface area contributed by atoms with Crippen molar-refractivity contribution < 1.29 is 5.11 Å². The lowest BCUT2D eigenvalue weighted by atomic mass is 10.3. The Labute approximate surface area is 78.5 Å². The molecule has 1 unspecified atom stereocenters. The predicted octanol–water partition coefficient (Wildman–Crippen LogP) is -0.284. The van der Waals surface area contributed by atoms with Crippen molar-refractivity contribution in [3.05, 3.63) is 23.7 Å². The van der Waals surface area contributed by atoms with E-state index in [0.717, 1.165) is 18.7 Å². The highest BCUT2D eigenvalue weighted by molar-refractivity contribution is 5.13. The van der Waals surface area contributed by atoms with Gasteiger partial charge in [0.1, 0.15) is 0 Å². The van der Waals surface area contributed by atoms with Crippen molar-refractivity contribution in [3.63, 3.8) is 0 Å². The average Bonchev–Trinajstić information content (AvgIpc) is 2.47. The molecule has 4 nitrogen and oxygen atoms in total. The van der Waals surface area contributed by atoms with Crippen LogP contribution in [0.25, 0.3) is 0 Å². The van der Waals surface area contributed by atoms with Gasteiger partial charge in [-0.1, -0.05) is 0 Å². The van der Waals surface area contributed by atoms with Crippen LogP contribution in [0.2, 0.25) is 0 Å². The smallest absolute Gasteiger partial charge is 0.0987 e. The molecule has 13 heavy (non-hydrogen) atoms. The van der Waals surface area contributed by atoms with Crippen molar-refractivity contribution in [1.82, 2.24) is 4.90 Å². The molecule has 0 aromatic heterocycles. The number of nitrogens with two attached hydrogens (primary N) is 2. The van der Waals surface area contributed by atoms with E-state index in [-0.39, 0.29) is 6.10 Å². The van der Waals surface area contributed by atoms with Gasteiger partial charge in [0.25, 0.3) is 0 Å². The molecule has 0 saturated carbocycles. The largest absolute Gasteiger partial charge is 0.402 e. The van der Waals surface area contributed by atoms with E-state index in [1.54, 1.807) is 12.2 Å². The number of hydrogen-bond donors (Lipinski definition) is 3. The molecule has 1 heterocycles. The van der Waals surface area contributed by atoms with Crippen LogP contribution in [-0.2, 0) is 0 Å². The first-order valence-corrected chi connectivity index (χ1v) is 4.42. The second kappa shape index (κ2) is 4.18. The Morgan fingerprint density at radius 1 is 1.46 bits per heavy atom. The van der Waals surface area contributed by atoms with Crippen LogP contribution in [0.5, 0.6) is 0 Å². The van der Waals surface area contributed by atoms with Crippen molar-refractivity contribution in [2.24, 2.45) is 11.5 Å². The van der Waals surface area contributed by atoms with Gasteiger partial charge in [-0.3, -0.25) is 0 Å². The third-order valence-corrected chi connectivity index (χ3v) is 2.05. The zero-order chi connectivity index (χ0) is 9.84. The summed E-state index contributed by atoms with van der Waals surface area (Å²) in [7, 11) is 0. The molecule has 1 saturated heterocycles. The molecule has 5 N–H and O–H groups in total. The number of likely N-dealkylation sites (tertiary alicyclic amines) is 1. The van der Waals surface area contributed by atoms with E-state index in [1.165, 1.54) is 0 Å². The van der Waals surface area contributed by atoms with Gasteiger partial charge in [-0.05, 0) is 25.5 Å². The number of nitrogens with zero attached hydrogens (tertiary/aromatic N) is 1. The summed E-state index contributed by atoms with van der Waals surface area (Å²) in [6.07, 6.45) is 4.09. The molecular formula is C9H17N3O. The van der Waals surface area contributed by atoms with Gasteiger partial charge in [-0.2, -0.15) is 0 Å². The minimum Gasteiger partial charge on any atom is -0.402 e. The van der Waals surface area contributed by atoms with Crippen molar-refractivity contribution in [3.8, 4) is 0 Å². The van der Waals surface area contributed by atoms with Gasteiger partial charge in [0.15, 0.2) is 0 Å². The Bertz CT molecular complexity index is 231. The molecule has 0 amide bonds. The summed E-state index contributed by atoms with van der Waals surface area (Å²) in [4.78, 5) is 1.95. The van der Waals surface area contributed by atoms with Crippen LogP contribution in [0, 0.1) is 0 Å². The van der Waals surface area contributed by atoms with E-state index >= 15 is 0 Å². The lowest BCUT2D eigenvalue weighted by Crippen LogP contribution is -2.26. The van der Waals surface area contributed by atoms with Crippen LogP contribution in [0.15, 0.2) is 23.7 Å². The second-order valence-electron chi connectivity index (χ2n) is 3.39. The van der Waals surface area contributed by atoms with Crippen molar-refractivity contribution in [2.75, 3.05) is 13.1 Å². The summed E-state index contributed by atoms with van der Waals surface area (Å²) in [5.74, 6) is 0.668. The third kappa shape index (κ3) is 2.99. The number of β-amino-alcohol motifs (C(OH)–C–C–N with tert-alkyl or cyclic N) is 1. The maximum Gasteiger partial charge on any atom is 0.0987 e. The fourth-order valence-corrected chi connectivity index (χ4v) is 1.30. The van der Waals surface area contributed by atoms with Crippen LogP contribution in [-0.4, -0.2) is 29.2 Å². The molecule has 1 aliphatic heterocycles. The lowest BCUT2D eigenvalue weighted by Gasteiger charge is -2.16. The minimum absolute atomic E-state index is 0.241. The molecule has 1 fully saturated rings. The Morgan fingerprint density at radius 2 is 2.15 bits per heavy atom. The number of hydrogen-bond acceptors (Lipinski definition) is 4. The first-order chi connectivity index (χ1) is 6.09. The SMILES string of the molecule is C/C(N)=C/C=C(\N)N1CCC(O)C1. The first-order valence-electron chi connectivity index (χ1n) is 4.42. The summed E-state index contributed by atoms with van der Waals surface area (Å²) in [5, 5.41) is 9.26. The van der Waals surface area contributed by atoms with Crippen molar-refractivity contribution in [1.29, 1.82) is 0 Å². The minimum atomic E-state index is -0.241. The zero-order valence-electron chi connectivity index (χ0n) is 7.90. The van der Waals surface area contributed by atoms with Crippen LogP contribution < -0.4 is 11.5 Å². The maximum absolute atomic E-state index is 9.26. The predicted molar refractivity (Wildman–Crippen MR) is 52.4 cm³/mol. The molecule has 0 bridgehead atoms.